The topological polar surface area (TPSA) is 219 Å². The average Bonchev–Trinajstić information content (AvgIpc) is 4.40. The fourth-order valence-electron chi connectivity index (χ4n) is 10.4. The van der Waals surface area contributed by atoms with Gasteiger partial charge in [0.25, 0.3) is 17.7 Å². The Morgan fingerprint density at radius 2 is 0.925 bits per heavy atom. The van der Waals surface area contributed by atoms with Crippen LogP contribution in [0.25, 0.3) is 0 Å². The van der Waals surface area contributed by atoms with E-state index in [-0.39, 0.29) is 54.4 Å². The van der Waals surface area contributed by atoms with E-state index < -0.39 is 90.2 Å². The number of carbonyl (C=O) groups excluding carboxylic acids is 7. The zero-order chi connectivity index (χ0) is 58.4. The van der Waals surface area contributed by atoms with E-state index in [0.717, 1.165) is 55.7 Å². The molecule has 444 valence electrons. The molecule has 0 radical (unpaired) electrons. The number of carbonyl (C=O) groups is 7. The Hall–Kier alpha value is -5.83. The smallest absolute Gasteiger partial charge is 0.365 e. The standard InChI is InChI=1S/C60H90N6O14/c1-38(2)32-49(58(71)78-41(6)54(67)61(8)50(35-44-12-13-44)57(70)77-40(5)34-43-16-20-47(21-17-43)65-24-28-75-29-25-65)63(10)56(69)53(37-46-18-22-48(23-19-46)66-26-30-76-31-27-66)80-59(72)51(36-45-14-15-45)62(9)55(68)42(7)79-60(73)52(64(11)74)33-39(3)4/h16-23,38-42,44-45,49-53,64H,12-15,24-37H2,1-11H3/t40-,41+,42+,49-,50-,51-,52-,53+/m0/s1. The van der Waals surface area contributed by atoms with Crippen LogP contribution in [0.4, 0.5) is 11.4 Å². The number of esters is 4. The molecule has 3 amide bonds. The molecule has 2 saturated heterocycles. The van der Waals surface area contributed by atoms with E-state index in [1.165, 1.54) is 56.7 Å². The van der Waals surface area contributed by atoms with Crippen molar-refractivity contribution in [2.45, 2.75) is 161 Å². The Morgan fingerprint density at radius 1 is 0.537 bits per heavy atom. The maximum absolute atomic E-state index is 15.0. The molecule has 2 saturated carbocycles. The predicted molar refractivity (Wildman–Crippen MR) is 300 cm³/mol. The van der Waals surface area contributed by atoms with Crippen molar-refractivity contribution in [3.63, 3.8) is 0 Å². The van der Waals surface area contributed by atoms with Crippen molar-refractivity contribution in [1.29, 1.82) is 0 Å². The molecule has 20 nitrogen and oxygen atoms in total. The lowest BCUT2D eigenvalue weighted by Gasteiger charge is -2.34. The molecule has 4 aliphatic rings. The number of amides is 3. The first-order valence-corrected chi connectivity index (χ1v) is 29.0. The summed E-state index contributed by atoms with van der Waals surface area (Å²) < 4.78 is 34.7. The molecule has 20 heteroatoms. The largest absolute Gasteiger partial charge is 0.634 e. The second-order valence-corrected chi connectivity index (χ2v) is 23.4. The van der Waals surface area contributed by atoms with Gasteiger partial charge in [-0.25, -0.2) is 19.2 Å². The highest BCUT2D eigenvalue weighted by Gasteiger charge is 2.43. The third kappa shape index (κ3) is 18.6. The van der Waals surface area contributed by atoms with Gasteiger partial charge in [0.2, 0.25) is 0 Å². The number of hydrogen-bond acceptors (Lipinski definition) is 16. The summed E-state index contributed by atoms with van der Waals surface area (Å²) in [4.78, 5) is 108. The van der Waals surface area contributed by atoms with Crippen LogP contribution in [0.1, 0.15) is 111 Å². The lowest BCUT2D eigenvalue weighted by Crippen LogP contribution is -3.09. The van der Waals surface area contributed by atoms with Crippen LogP contribution in [0, 0.1) is 28.9 Å². The number of likely N-dealkylation sites (N-methyl/N-ethyl adjacent to an activating group) is 4. The van der Waals surface area contributed by atoms with Crippen molar-refractivity contribution in [3.8, 4) is 0 Å². The van der Waals surface area contributed by atoms with Crippen molar-refractivity contribution in [3.05, 3.63) is 64.9 Å². The Bertz CT molecular complexity index is 2370. The number of quaternary nitrogens is 1. The second-order valence-electron chi connectivity index (χ2n) is 23.4. The molecule has 1 unspecified atom stereocenters. The van der Waals surface area contributed by atoms with Crippen LogP contribution in [-0.4, -0.2) is 186 Å². The van der Waals surface area contributed by atoms with Gasteiger partial charge in [0.1, 0.15) is 24.2 Å². The summed E-state index contributed by atoms with van der Waals surface area (Å²) in [5.41, 5.74) is 3.71. The zero-order valence-electron chi connectivity index (χ0n) is 49.2. The van der Waals surface area contributed by atoms with E-state index >= 15 is 4.79 Å². The van der Waals surface area contributed by atoms with Crippen molar-refractivity contribution in [2.24, 2.45) is 23.7 Å². The molecule has 2 aliphatic carbocycles. The average molecular weight is 1120 g/mol. The molecule has 0 bridgehead atoms. The summed E-state index contributed by atoms with van der Waals surface area (Å²) in [7, 11) is 5.67. The van der Waals surface area contributed by atoms with Crippen molar-refractivity contribution in [2.75, 3.05) is 90.6 Å². The Morgan fingerprint density at radius 3 is 1.34 bits per heavy atom. The maximum Gasteiger partial charge on any atom is 0.365 e. The van der Waals surface area contributed by atoms with Gasteiger partial charge in [0.15, 0.2) is 24.4 Å². The van der Waals surface area contributed by atoms with E-state index in [2.05, 4.69) is 21.9 Å². The van der Waals surface area contributed by atoms with Gasteiger partial charge in [0, 0.05) is 78.0 Å². The maximum atomic E-state index is 15.0. The van der Waals surface area contributed by atoms with Crippen LogP contribution in [-0.2, 0) is 74.8 Å². The first-order chi connectivity index (χ1) is 38.0. The van der Waals surface area contributed by atoms with Crippen molar-refractivity contribution < 1.29 is 67.0 Å². The lowest BCUT2D eigenvalue weighted by atomic mass is 10.0. The molecular formula is C60H90N6O14. The molecule has 2 heterocycles. The number of nitrogens with zero attached hydrogens (tertiary/aromatic N) is 5. The molecule has 6 rings (SSSR count). The molecule has 80 heavy (non-hydrogen) atoms. The van der Waals surface area contributed by atoms with Gasteiger partial charge in [-0.2, -0.15) is 0 Å². The van der Waals surface area contributed by atoms with Crippen molar-refractivity contribution >= 4 is 53.0 Å². The number of nitrogens with one attached hydrogen (secondary N) is 1. The Labute approximate surface area is 473 Å². The minimum absolute atomic E-state index is 0.0105. The molecule has 4 fully saturated rings. The minimum Gasteiger partial charge on any atom is -0.634 e. The molecule has 0 spiro atoms. The molecule has 2 aromatic carbocycles. The highest BCUT2D eigenvalue weighted by Crippen LogP contribution is 2.36. The van der Waals surface area contributed by atoms with Crippen molar-refractivity contribution in [1.82, 2.24) is 14.7 Å². The van der Waals surface area contributed by atoms with E-state index in [4.69, 9.17) is 28.4 Å². The van der Waals surface area contributed by atoms with E-state index in [1.54, 1.807) is 0 Å². The summed E-state index contributed by atoms with van der Waals surface area (Å²) in [5.74, 6) is -4.91. The fourth-order valence-corrected chi connectivity index (χ4v) is 10.4. The lowest BCUT2D eigenvalue weighted by molar-refractivity contribution is -0.845. The highest BCUT2D eigenvalue weighted by atomic mass is 16.6. The zero-order valence-corrected chi connectivity index (χ0v) is 49.2. The number of rotatable bonds is 29. The Balaban J connectivity index is 1.16. The number of hydrogen-bond donors (Lipinski definition) is 1. The normalized spacial score (nSPS) is 19.1. The second kappa shape index (κ2) is 29.8. The summed E-state index contributed by atoms with van der Waals surface area (Å²) in [6.45, 7) is 17.7. The SMILES string of the molecule is CC(C)C[C@@H](C(=O)O[C@H](C)C(=O)N(C)[C@@H](CC1CC1)C(=O)O[C@@H](C)Cc1ccc(N2CCOCC2)cc1)N(C)C(=O)[C@@H](Cc1ccc(N2CCOCC2)cc1)OC(=O)[C@H](CC1CC1)N(C)C(=O)[C@@H](C)OC(=O)[C@H](CC(C)C)[NH+](C)[O-]. The van der Waals surface area contributed by atoms with Gasteiger partial charge in [-0.3, -0.25) is 14.4 Å². The molecule has 0 aromatic heterocycles. The number of benzene rings is 2. The van der Waals surface area contributed by atoms with Gasteiger partial charge in [-0.1, -0.05) is 77.6 Å². The third-order valence-corrected chi connectivity index (χ3v) is 15.6. The summed E-state index contributed by atoms with van der Waals surface area (Å²) in [5, 5.41) is 12.0. The summed E-state index contributed by atoms with van der Waals surface area (Å²) in [6.07, 6.45) is 0.155. The molecular weight excluding hydrogens is 1030 g/mol. The fraction of sp³-hybridized carbons (Fsp3) is 0.683. The van der Waals surface area contributed by atoms with Crippen LogP contribution in [0.15, 0.2) is 48.5 Å². The predicted octanol–water partition coefficient (Wildman–Crippen LogP) is 4.41. The van der Waals surface area contributed by atoms with E-state index in [1.807, 2.05) is 71.0 Å². The Kier molecular flexibility index (Phi) is 23.6. The van der Waals surface area contributed by atoms with Crippen LogP contribution < -0.4 is 14.9 Å². The number of ether oxygens (including phenoxy) is 6. The summed E-state index contributed by atoms with van der Waals surface area (Å²) >= 11 is 0. The first-order valence-electron chi connectivity index (χ1n) is 29.0. The molecule has 1 N–H and O–H groups in total. The molecule has 9 atom stereocenters. The quantitative estimate of drug-likeness (QED) is 0.0678. The van der Waals surface area contributed by atoms with Crippen LogP contribution >= 0.6 is 0 Å². The van der Waals surface area contributed by atoms with Gasteiger partial charge < -0.3 is 63.2 Å². The minimum atomic E-state index is -1.49. The molecule has 2 aliphatic heterocycles. The van der Waals surface area contributed by atoms with E-state index in [0.29, 0.717) is 57.9 Å². The van der Waals surface area contributed by atoms with Gasteiger partial charge in [-0.15, -0.1) is 0 Å². The highest BCUT2D eigenvalue weighted by molar-refractivity contribution is 5.93. The van der Waals surface area contributed by atoms with E-state index in [9.17, 15) is 34.0 Å². The third-order valence-electron chi connectivity index (χ3n) is 15.6. The van der Waals surface area contributed by atoms with Crippen LogP contribution in [0.5, 0.6) is 0 Å². The number of anilines is 2. The summed E-state index contributed by atoms with van der Waals surface area (Å²) in [6, 6.07) is 11.3. The van der Waals surface area contributed by atoms with Crippen LogP contribution in [0.2, 0.25) is 0 Å². The van der Waals surface area contributed by atoms with Gasteiger partial charge in [-0.05, 0) is 99.1 Å². The number of hydroxylamine groups is 2. The van der Waals surface area contributed by atoms with Gasteiger partial charge in [0.05, 0.1) is 33.5 Å². The van der Waals surface area contributed by atoms with Gasteiger partial charge >= 0.3 is 23.9 Å². The monoisotopic (exact) mass is 1120 g/mol. The number of morpholine rings is 2. The first kappa shape index (κ1) is 63.4. The van der Waals surface area contributed by atoms with Crippen LogP contribution in [0.3, 0.4) is 0 Å². The molecule has 2 aromatic rings.